The Morgan fingerprint density at radius 1 is 1.50 bits per heavy atom. The first-order valence-corrected chi connectivity index (χ1v) is 3.32. The van der Waals surface area contributed by atoms with Crippen molar-refractivity contribution in [3.63, 3.8) is 0 Å². The van der Waals surface area contributed by atoms with E-state index >= 15 is 0 Å². The Bertz CT molecular complexity index is 117. The molecule has 0 saturated carbocycles. The summed E-state index contributed by atoms with van der Waals surface area (Å²) in [7, 11) is 0. The Kier molecular flexibility index (Phi) is 4.94. The Morgan fingerprint density at radius 3 is 2.50 bits per heavy atom. The molecule has 58 valence electrons. The number of hydrogen-bond donors (Lipinski definition) is 0. The van der Waals surface area contributed by atoms with E-state index in [4.69, 9.17) is 11.6 Å². The predicted octanol–water partition coefficient (Wildman–Crippen LogP) is 1.10. The van der Waals surface area contributed by atoms with Gasteiger partial charge >= 0.3 is 5.97 Å². The maximum absolute atomic E-state index is 10.1. The normalized spacial score (nSPS) is 9.00. The number of carbonyl (C=O) groups is 2. The van der Waals surface area contributed by atoms with Crippen LogP contribution in [0.15, 0.2) is 0 Å². The van der Waals surface area contributed by atoms with E-state index in [9.17, 15) is 9.59 Å². The van der Waals surface area contributed by atoms with Crippen LogP contribution < -0.4 is 0 Å². The van der Waals surface area contributed by atoms with Gasteiger partial charge in [-0.2, -0.15) is 0 Å². The molecular formula is C6H9ClO3. The highest BCUT2D eigenvalue weighted by Gasteiger charge is 1.96. The van der Waals surface area contributed by atoms with Gasteiger partial charge < -0.3 is 4.74 Å². The fourth-order valence-corrected chi connectivity index (χ4v) is 0.561. The van der Waals surface area contributed by atoms with E-state index in [-0.39, 0.29) is 19.0 Å². The third-order valence-electron chi connectivity index (χ3n) is 0.823. The minimum atomic E-state index is -0.396. The standard InChI is InChI=1S/C6H9ClO3/c1-5(8)10-4-2-3-6(7)9/h2-4H2,1H3. The Hall–Kier alpha value is -0.570. The molecule has 0 unspecified atom stereocenters. The molecule has 0 fully saturated rings. The highest BCUT2D eigenvalue weighted by molar-refractivity contribution is 6.63. The maximum Gasteiger partial charge on any atom is 0.302 e. The van der Waals surface area contributed by atoms with Crippen molar-refractivity contribution in [3.05, 3.63) is 0 Å². The zero-order chi connectivity index (χ0) is 7.98. The second-order valence-corrected chi connectivity index (χ2v) is 2.22. The molecule has 0 aromatic carbocycles. The zero-order valence-electron chi connectivity index (χ0n) is 5.72. The van der Waals surface area contributed by atoms with Gasteiger partial charge in [0.25, 0.3) is 0 Å². The molecule has 10 heavy (non-hydrogen) atoms. The number of halogens is 1. The Labute approximate surface area is 64.3 Å². The summed E-state index contributed by atoms with van der Waals surface area (Å²) >= 11 is 5.01. The first kappa shape index (κ1) is 9.43. The maximum atomic E-state index is 10.1. The highest BCUT2D eigenvalue weighted by Crippen LogP contribution is 1.94. The summed E-state index contributed by atoms with van der Waals surface area (Å²) in [4.78, 5) is 20.3. The second-order valence-electron chi connectivity index (χ2n) is 1.80. The van der Waals surface area contributed by atoms with Gasteiger partial charge in [0.15, 0.2) is 0 Å². The van der Waals surface area contributed by atoms with Crippen molar-refractivity contribution >= 4 is 22.8 Å². The molecule has 4 heteroatoms. The average Bonchev–Trinajstić information content (AvgIpc) is 1.79. The van der Waals surface area contributed by atoms with Crippen molar-refractivity contribution in [3.8, 4) is 0 Å². The molecule has 0 amide bonds. The molecule has 0 bridgehead atoms. The predicted molar refractivity (Wildman–Crippen MR) is 36.7 cm³/mol. The van der Waals surface area contributed by atoms with Crippen molar-refractivity contribution in [2.45, 2.75) is 19.8 Å². The van der Waals surface area contributed by atoms with Gasteiger partial charge in [-0.15, -0.1) is 0 Å². The number of esters is 1. The van der Waals surface area contributed by atoms with E-state index in [1.54, 1.807) is 0 Å². The molecule has 0 N–H and O–H groups in total. The van der Waals surface area contributed by atoms with Crippen molar-refractivity contribution in [1.82, 2.24) is 0 Å². The van der Waals surface area contributed by atoms with Crippen LogP contribution in [0.2, 0.25) is 0 Å². The zero-order valence-corrected chi connectivity index (χ0v) is 6.48. The van der Waals surface area contributed by atoms with E-state index in [0.717, 1.165) is 0 Å². The molecule has 0 atom stereocenters. The van der Waals surface area contributed by atoms with Crippen LogP contribution >= 0.6 is 11.6 Å². The number of rotatable bonds is 4. The summed E-state index contributed by atoms with van der Waals surface area (Å²) in [5.74, 6) is -0.331. The van der Waals surface area contributed by atoms with Crippen LogP contribution in [0.5, 0.6) is 0 Å². The molecule has 0 aliphatic heterocycles. The van der Waals surface area contributed by atoms with Crippen LogP contribution in [0, 0.1) is 0 Å². The Balaban J connectivity index is 3.06. The average molecular weight is 165 g/mol. The summed E-state index contributed by atoms with van der Waals surface area (Å²) < 4.78 is 4.54. The van der Waals surface area contributed by atoms with E-state index in [2.05, 4.69) is 4.74 Å². The lowest BCUT2D eigenvalue weighted by atomic mass is 10.3. The topological polar surface area (TPSA) is 43.4 Å². The van der Waals surface area contributed by atoms with Gasteiger partial charge in [-0.25, -0.2) is 0 Å². The van der Waals surface area contributed by atoms with Gasteiger partial charge in [-0.3, -0.25) is 9.59 Å². The van der Waals surface area contributed by atoms with Gasteiger partial charge in [-0.05, 0) is 18.0 Å². The summed E-state index contributed by atoms with van der Waals surface area (Å²) in [6, 6.07) is 0. The Morgan fingerprint density at radius 2 is 2.10 bits per heavy atom. The smallest absolute Gasteiger partial charge is 0.302 e. The van der Waals surface area contributed by atoms with E-state index in [1.165, 1.54) is 6.92 Å². The van der Waals surface area contributed by atoms with Gasteiger partial charge in [0.1, 0.15) is 0 Å². The summed E-state index contributed by atoms with van der Waals surface area (Å²) in [6.07, 6.45) is 0.761. The van der Waals surface area contributed by atoms with E-state index in [1.807, 2.05) is 0 Å². The third kappa shape index (κ3) is 7.43. The molecule has 0 aliphatic rings. The van der Waals surface area contributed by atoms with E-state index < -0.39 is 5.24 Å². The number of hydrogen-bond acceptors (Lipinski definition) is 3. The lowest BCUT2D eigenvalue weighted by Crippen LogP contribution is -2.01. The fourth-order valence-electron chi connectivity index (χ4n) is 0.427. The lowest BCUT2D eigenvalue weighted by molar-refractivity contribution is -0.141. The van der Waals surface area contributed by atoms with Crippen LogP contribution in [0.1, 0.15) is 19.8 Å². The molecule has 0 rings (SSSR count). The molecule has 0 aromatic heterocycles. The molecule has 0 aromatic rings. The molecule has 0 aliphatic carbocycles. The van der Waals surface area contributed by atoms with Crippen molar-refractivity contribution in [2.24, 2.45) is 0 Å². The molecule has 0 heterocycles. The van der Waals surface area contributed by atoms with E-state index in [0.29, 0.717) is 6.42 Å². The van der Waals surface area contributed by atoms with Crippen LogP contribution in [0.25, 0.3) is 0 Å². The minimum absolute atomic E-state index is 0.259. The number of carbonyl (C=O) groups excluding carboxylic acids is 2. The SMILES string of the molecule is CC(=O)OCCCC(=O)Cl. The highest BCUT2D eigenvalue weighted by atomic mass is 35.5. The van der Waals surface area contributed by atoms with Crippen molar-refractivity contribution < 1.29 is 14.3 Å². The second kappa shape index (κ2) is 5.23. The van der Waals surface area contributed by atoms with Crippen LogP contribution in [0.4, 0.5) is 0 Å². The quantitative estimate of drug-likeness (QED) is 0.355. The monoisotopic (exact) mass is 164 g/mol. The van der Waals surface area contributed by atoms with Gasteiger partial charge in [0, 0.05) is 13.3 Å². The molecule has 0 spiro atoms. The van der Waals surface area contributed by atoms with Crippen LogP contribution in [0.3, 0.4) is 0 Å². The van der Waals surface area contributed by atoms with Crippen molar-refractivity contribution in [2.75, 3.05) is 6.61 Å². The van der Waals surface area contributed by atoms with Gasteiger partial charge in [0.2, 0.25) is 5.24 Å². The van der Waals surface area contributed by atoms with Gasteiger partial charge in [0.05, 0.1) is 6.61 Å². The summed E-state index contributed by atoms with van der Waals surface area (Å²) in [6.45, 7) is 1.59. The third-order valence-corrected chi connectivity index (χ3v) is 1.01. The van der Waals surface area contributed by atoms with Crippen LogP contribution in [-0.4, -0.2) is 17.8 Å². The molecule has 0 radical (unpaired) electrons. The van der Waals surface area contributed by atoms with Gasteiger partial charge in [-0.1, -0.05) is 0 Å². The number of ether oxygens (including phenoxy) is 1. The summed E-state index contributed by atoms with van der Waals surface area (Å²) in [5, 5.41) is -0.396. The molecule has 3 nitrogen and oxygen atoms in total. The molecule has 0 saturated heterocycles. The summed E-state index contributed by atoms with van der Waals surface area (Å²) in [5.41, 5.74) is 0. The van der Waals surface area contributed by atoms with Crippen molar-refractivity contribution in [1.29, 1.82) is 0 Å². The largest absolute Gasteiger partial charge is 0.466 e. The fraction of sp³-hybridized carbons (Fsp3) is 0.667. The van der Waals surface area contributed by atoms with Crippen LogP contribution in [-0.2, 0) is 14.3 Å². The lowest BCUT2D eigenvalue weighted by Gasteiger charge is -1.97. The first-order valence-electron chi connectivity index (χ1n) is 2.94. The first-order chi connectivity index (χ1) is 4.63. The minimum Gasteiger partial charge on any atom is -0.466 e. The molecular weight excluding hydrogens is 156 g/mol.